The zero-order chi connectivity index (χ0) is 19.8. The van der Waals surface area contributed by atoms with Crippen LogP contribution < -0.4 is 15.4 Å². The first-order chi connectivity index (χ1) is 13.7. The van der Waals surface area contributed by atoms with Gasteiger partial charge in [-0.25, -0.2) is 0 Å². The Bertz CT molecular complexity index is 752. The molecule has 0 aromatic heterocycles. The predicted molar refractivity (Wildman–Crippen MR) is 116 cm³/mol. The Morgan fingerprint density at radius 3 is 2.43 bits per heavy atom. The van der Waals surface area contributed by atoms with Gasteiger partial charge < -0.3 is 20.3 Å². The first-order valence-electron chi connectivity index (χ1n) is 10.2. The van der Waals surface area contributed by atoms with Crippen LogP contribution in [0.25, 0.3) is 0 Å². The summed E-state index contributed by atoms with van der Waals surface area (Å²) in [5.41, 5.74) is 1.10. The fourth-order valence-corrected chi connectivity index (χ4v) is 3.49. The first kappa shape index (κ1) is 20.2. The van der Waals surface area contributed by atoms with Crippen LogP contribution in [0.1, 0.15) is 32.3 Å². The highest BCUT2D eigenvalue weighted by Gasteiger charge is 2.21. The number of hydrogen-bond donors (Lipinski definition) is 2. The normalized spacial score (nSPS) is 16.2. The topological polar surface area (TPSA) is 48.9 Å². The molecule has 2 N–H and O–H groups in total. The number of guanidine groups is 1. The van der Waals surface area contributed by atoms with Gasteiger partial charge >= 0.3 is 0 Å². The van der Waals surface area contributed by atoms with Gasteiger partial charge in [-0.15, -0.1) is 0 Å². The van der Waals surface area contributed by atoms with Crippen LogP contribution >= 0.6 is 0 Å². The summed E-state index contributed by atoms with van der Waals surface area (Å²) in [5, 5.41) is 7.01. The van der Waals surface area contributed by atoms with Gasteiger partial charge in [0.2, 0.25) is 0 Å². The van der Waals surface area contributed by atoms with Crippen LogP contribution in [0.3, 0.4) is 0 Å². The van der Waals surface area contributed by atoms with Crippen LogP contribution in [0.5, 0.6) is 11.5 Å². The maximum absolute atomic E-state index is 6.05. The molecule has 2 aromatic carbocycles. The fraction of sp³-hybridized carbons (Fsp3) is 0.435. The third kappa shape index (κ3) is 5.73. The van der Waals surface area contributed by atoms with Crippen molar-refractivity contribution in [3.05, 3.63) is 60.2 Å². The molecule has 1 aliphatic rings. The number of piperidine rings is 1. The van der Waals surface area contributed by atoms with Crippen molar-refractivity contribution in [2.75, 3.05) is 20.1 Å². The van der Waals surface area contributed by atoms with Crippen molar-refractivity contribution in [2.24, 2.45) is 4.99 Å². The van der Waals surface area contributed by atoms with E-state index in [4.69, 9.17) is 4.74 Å². The number of nitrogens with one attached hydrogen (secondary N) is 2. The second-order valence-electron chi connectivity index (χ2n) is 7.50. The van der Waals surface area contributed by atoms with Crippen molar-refractivity contribution < 1.29 is 4.74 Å². The van der Waals surface area contributed by atoms with Crippen molar-refractivity contribution in [3.8, 4) is 11.5 Å². The highest BCUT2D eigenvalue weighted by molar-refractivity contribution is 5.80. The van der Waals surface area contributed by atoms with Gasteiger partial charge in [-0.1, -0.05) is 36.4 Å². The molecule has 1 heterocycles. The standard InChI is InChI=1S/C23H32N4O/c1-18(2)27-15-13-20(14-16-27)26-23(24-3)25-17-19-9-7-8-12-22(19)28-21-10-5-4-6-11-21/h4-12,18,20H,13-17H2,1-3H3,(H2,24,25,26). The summed E-state index contributed by atoms with van der Waals surface area (Å²) in [6.45, 7) is 7.47. The number of ether oxygens (including phenoxy) is 1. The van der Waals surface area contributed by atoms with Gasteiger partial charge in [0.05, 0.1) is 0 Å². The minimum Gasteiger partial charge on any atom is -0.457 e. The fourth-order valence-electron chi connectivity index (χ4n) is 3.49. The van der Waals surface area contributed by atoms with Crippen LogP contribution in [-0.2, 0) is 6.54 Å². The summed E-state index contributed by atoms with van der Waals surface area (Å²) in [6.07, 6.45) is 2.29. The molecule has 3 rings (SSSR count). The van der Waals surface area contributed by atoms with E-state index in [0.29, 0.717) is 18.6 Å². The van der Waals surface area contributed by atoms with Gasteiger partial charge in [0.15, 0.2) is 5.96 Å². The maximum atomic E-state index is 6.05. The molecule has 28 heavy (non-hydrogen) atoms. The Labute approximate surface area is 168 Å². The smallest absolute Gasteiger partial charge is 0.191 e. The van der Waals surface area contributed by atoms with Crippen molar-refractivity contribution in [1.29, 1.82) is 0 Å². The molecule has 0 amide bonds. The number of hydrogen-bond acceptors (Lipinski definition) is 3. The number of benzene rings is 2. The molecule has 2 aromatic rings. The predicted octanol–water partition coefficient (Wildman–Crippen LogP) is 4.02. The van der Waals surface area contributed by atoms with Gasteiger partial charge in [-0.05, 0) is 44.9 Å². The molecule has 5 heteroatoms. The number of aliphatic imine (C=N–C) groups is 1. The molecule has 5 nitrogen and oxygen atoms in total. The summed E-state index contributed by atoms with van der Waals surface area (Å²) < 4.78 is 6.05. The molecule has 150 valence electrons. The van der Waals surface area contributed by atoms with Gasteiger partial charge in [0.25, 0.3) is 0 Å². The van der Waals surface area contributed by atoms with E-state index >= 15 is 0 Å². The van der Waals surface area contributed by atoms with Crippen molar-refractivity contribution in [3.63, 3.8) is 0 Å². The zero-order valence-electron chi connectivity index (χ0n) is 17.2. The summed E-state index contributed by atoms with van der Waals surface area (Å²) in [6, 6.07) is 19.1. The van der Waals surface area contributed by atoms with Gasteiger partial charge in [0.1, 0.15) is 11.5 Å². The Balaban J connectivity index is 1.54. The zero-order valence-corrected chi connectivity index (χ0v) is 17.2. The van der Waals surface area contributed by atoms with E-state index in [2.05, 4.69) is 40.4 Å². The van der Waals surface area contributed by atoms with Crippen LogP contribution in [0.15, 0.2) is 59.6 Å². The number of likely N-dealkylation sites (tertiary alicyclic amines) is 1. The SMILES string of the molecule is CN=C(NCc1ccccc1Oc1ccccc1)NC1CCN(C(C)C)CC1. The van der Waals surface area contributed by atoms with Crippen molar-refractivity contribution in [2.45, 2.75) is 45.3 Å². The van der Waals surface area contributed by atoms with E-state index in [0.717, 1.165) is 49.0 Å². The summed E-state index contributed by atoms with van der Waals surface area (Å²) in [7, 11) is 1.82. The lowest BCUT2D eigenvalue weighted by Gasteiger charge is -2.35. The third-order valence-electron chi connectivity index (χ3n) is 5.21. The summed E-state index contributed by atoms with van der Waals surface area (Å²) >= 11 is 0. The molecule has 1 aliphatic heterocycles. The second kappa shape index (κ2) is 10.1. The van der Waals surface area contributed by atoms with Gasteiger partial charge in [0, 0.05) is 44.3 Å². The highest BCUT2D eigenvalue weighted by atomic mass is 16.5. The average molecular weight is 381 g/mol. The average Bonchev–Trinajstić information content (AvgIpc) is 2.73. The minimum atomic E-state index is 0.469. The number of rotatable bonds is 6. The monoisotopic (exact) mass is 380 g/mol. The molecular weight excluding hydrogens is 348 g/mol. The van der Waals surface area contributed by atoms with E-state index in [1.54, 1.807) is 0 Å². The van der Waals surface area contributed by atoms with Crippen LogP contribution in [0, 0.1) is 0 Å². The molecule has 0 aliphatic carbocycles. The molecule has 1 saturated heterocycles. The lowest BCUT2D eigenvalue weighted by molar-refractivity contribution is 0.167. The molecule has 0 unspecified atom stereocenters. The third-order valence-corrected chi connectivity index (χ3v) is 5.21. The number of nitrogens with zero attached hydrogens (tertiary/aromatic N) is 2. The summed E-state index contributed by atoms with van der Waals surface area (Å²) in [5.74, 6) is 2.55. The Kier molecular flexibility index (Phi) is 7.31. The molecule has 0 spiro atoms. The molecule has 0 radical (unpaired) electrons. The molecule has 0 bridgehead atoms. The van der Waals surface area contributed by atoms with Crippen molar-refractivity contribution >= 4 is 5.96 Å². The van der Waals surface area contributed by atoms with Crippen molar-refractivity contribution in [1.82, 2.24) is 15.5 Å². The lowest BCUT2D eigenvalue weighted by Crippen LogP contribution is -2.49. The molecule has 1 fully saturated rings. The molecular formula is C23H32N4O. The Morgan fingerprint density at radius 2 is 1.75 bits per heavy atom. The lowest BCUT2D eigenvalue weighted by atomic mass is 10.0. The van der Waals surface area contributed by atoms with E-state index in [9.17, 15) is 0 Å². The first-order valence-corrected chi connectivity index (χ1v) is 10.2. The molecule has 0 atom stereocenters. The van der Waals surface area contributed by atoms with E-state index < -0.39 is 0 Å². The van der Waals surface area contributed by atoms with Crippen LogP contribution in [0.4, 0.5) is 0 Å². The van der Waals surface area contributed by atoms with E-state index in [-0.39, 0.29) is 0 Å². The Morgan fingerprint density at radius 1 is 1.07 bits per heavy atom. The van der Waals surface area contributed by atoms with Crippen LogP contribution in [0.2, 0.25) is 0 Å². The second-order valence-corrected chi connectivity index (χ2v) is 7.50. The maximum Gasteiger partial charge on any atom is 0.191 e. The van der Waals surface area contributed by atoms with E-state index in [1.165, 1.54) is 0 Å². The van der Waals surface area contributed by atoms with Gasteiger partial charge in [-0.3, -0.25) is 4.99 Å². The quantitative estimate of drug-likeness (QED) is 0.587. The largest absolute Gasteiger partial charge is 0.457 e. The van der Waals surface area contributed by atoms with E-state index in [1.807, 2.05) is 55.6 Å². The minimum absolute atomic E-state index is 0.469. The molecule has 0 saturated carbocycles. The summed E-state index contributed by atoms with van der Waals surface area (Å²) in [4.78, 5) is 6.94. The van der Waals surface area contributed by atoms with Gasteiger partial charge in [-0.2, -0.15) is 0 Å². The highest BCUT2D eigenvalue weighted by Crippen LogP contribution is 2.24. The Hall–Kier alpha value is -2.53. The van der Waals surface area contributed by atoms with Crippen LogP contribution in [-0.4, -0.2) is 43.1 Å². The number of para-hydroxylation sites is 2.